The molecule has 0 N–H and O–H groups in total. The Hall–Kier alpha value is -2.48. The third-order valence-corrected chi connectivity index (χ3v) is 6.82. The summed E-state index contributed by atoms with van der Waals surface area (Å²) >= 11 is 0. The molecule has 3 aliphatic rings. The van der Waals surface area contributed by atoms with Gasteiger partial charge in [0.25, 0.3) is 11.6 Å². The Labute approximate surface area is 177 Å². The van der Waals surface area contributed by atoms with E-state index in [1.807, 2.05) is 4.90 Å². The lowest BCUT2D eigenvalue weighted by Gasteiger charge is -2.42. The van der Waals surface area contributed by atoms with Crippen LogP contribution in [0.15, 0.2) is 24.3 Å². The Morgan fingerprint density at radius 2 is 1.60 bits per heavy atom. The van der Waals surface area contributed by atoms with Crippen molar-refractivity contribution in [3.63, 3.8) is 0 Å². The number of nitrogens with zero attached hydrogens (tertiary/aromatic N) is 4. The summed E-state index contributed by atoms with van der Waals surface area (Å²) in [5.41, 5.74) is 0.273. The van der Waals surface area contributed by atoms with Crippen molar-refractivity contribution in [1.82, 2.24) is 14.7 Å². The third-order valence-electron chi connectivity index (χ3n) is 6.82. The Bertz CT molecular complexity index is 794. The summed E-state index contributed by atoms with van der Waals surface area (Å²) in [4.78, 5) is 42.8. The average molecular weight is 415 g/mol. The SMILES string of the molecule is O=C(c1cccc([N+](=O)[O-])c1)N1CCN([C@@H](C(=O)N2CCCC2)C2CCCC2)CC1. The van der Waals surface area contributed by atoms with E-state index >= 15 is 0 Å². The minimum Gasteiger partial charge on any atom is -0.341 e. The smallest absolute Gasteiger partial charge is 0.270 e. The standard InChI is InChI=1S/C22H30N4O4/c27-21(18-8-5-9-19(16-18)26(29)30)25-14-12-23(13-15-25)20(17-6-1-2-7-17)22(28)24-10-3-4-11-24/h5,8-9,16-17,20H,1-4,6-7,10-15H2/t20-/m1/s1. The quantitative estimate of drug-likeness (QED) is 0.546. The van der Waals surface area contributed by atoms with Crippen molar-refractivity contribution in [2.24, 2.45) is 5.92 Å². The molecular weight excluding hydrogens is 384 g/mol. The molecule has 8 nitrogen and oxygen atoms in total. The molecular formula is C22H30N4O4. The molecule has 2 heterocycles. The van der Waals surface area contributed by atoms with Crippen LogP contribution in [0.4, 0.5) is 5.69 Å². The number of benzene rings is 1. The number of nitro benzene ring substituents is 1. The van der Waals surface area contributed by atoms with Crippen LogP contribution < -0.4 is 0 Å². The van der Waals surface area contributed by atoms with Crippen molar-refractivity contribution >= 4 is 17.5 Å². The highest BCUT2D eigenvalue weighted by Gasteiger charge is 2.39. The molecule has 1 aliphatic carbocycles. The van der Waals surface area contributed by atoms with Crippen molar-refractivity contribution in [2.75, 3.05) is 39.3 Å². The number of nitro groups is 1. The highest BCUT2D eigenvalue weighted by atomic mass is 16.6. The second kappa shape index (κ2) is 9.12. The number of piperazine rings is 1. The van der Waals surface area contributed by atoms with Gasteiger partial charge in [0.1, 0.15) is 0 Å². The van der Waals surface area contributed by atoms with Gasteiger partial charge in [0.2, 0.25) is 5.91 Å². The highest BCUT2D eigenvalue weighted by Crippen LogP contribution is 2.32. The van der Waals surface area contributed by atoms with E-state index in [0.717, 1.165) is 38.8 Å². The molecule has 3 fully saturated rings. The lowest BCUT2D eigenvalue weighted by Crippen LogP contribution is -2.58. The first-order valence-corrected chi connectivity index (χ1v) is 11.1. The molecule has 1 saturated carbocycles. The Morgan fingerprint density at radius 1 is 0.933 bits per heavy atom. The van der Waals surface area contributed by atoms with Crippen molar-refractivity contribution < 1.29 is 14.5 Å². The van der Waals surface area contributed by atoms with Crippen LogP contribution in [0.2, 0.25) is 0 Å². The zero-order valence-electron chi connectivity index (χ0n) is 17.4. The average Bonchev–Trinajstić information content (AvgIpc) is 3.48. The van der Waals surface area contributed by atoms with Crippen LogP contribution in [-0.2, 0) is 4.79 Å². The van der Waals surface area contributed by atoms with Crippen LogP contribution >= 0.6 is 0 Å². The van der Waals surface area contributed by atoms with Gasteiger partial charge in [-0.2, -0.15) is 0 Å². The van der Waals surface area contributed by atoms with Crippen molar-refractivity contribution in [2.45, 2.75) is 44.6 Å². The normalized spacial score (nSPS) is 21.7. The lowest BCUT2D eigenvalue weighted by molar-refractivity contribution is -0.384. The molecule has 0 bridgehead atoms. The fraction of sp³-hybridized carbons (Fsp3) is 0.636. The Balaban J connectivity index is 1.42. The monoisotopic (exact) mass is 414 g/mol. The largest absolute Gasteiger partial charge is 0.341 e. The molecule has 0 spiro atoms. The van der Waals surface area contributed by atoms with Gasteiger partial charge in [-0.1, -0.05) is 18.9 Å². The summed E-state index contributed by atoms with van der Waals surface area (Å²) < 4.78 is 0. The van der Waals surface area contributed by atoms with Gasteiger partial charge in [-0.05, 0) is 37.7 Å². The molecule has 0 unspecified atom stereocenters. The summed E-state index contributed by atoms with van der Waals surface area (Å²) in [6.07, 6.45) is 6.79. The second-order valence-corrected chi connectivity index (χ2v) is 8.66. The molecule has 8 heteroatoms. The number of carbonyl (C=O) groups is 2. The first-order valence-electron chi connectivity index (χ1n) is 11.1. The first-order chi connectivity index (χ1) is 14.5. The van der Waals surface area contributed by atoms with Gasteiger partial charge in [0.15, 0.2) is 0 Å². The number of hydrogen-bond donors (Lipinski definition) is 0. The van der Waals surface area contributed by atoms with Crippen LogP contribution in [0, 0.1) is 16.0 Å². The summed E-state index contributed by atoms with van der Waals surface area (Å²) in [5.74, 6) is 0.511. The van der Waals surface area contributed by atoms with E-state index in [0.29, 0.717) is 37.7 Å². The van der Waals surface area contributed by atoms with E-state index in [1.165, 1.54) is 25.0 Å². The highest BCUT2D eigenvalue weighted by molar-refractivity contribution is 5.95. The van der Waals surface area contributed by atoms with Crippen LogP contribution in [0.5, 0.6) is 0 Å². The third kappa shape index (κ3) is 4.33. The van der Waals surface area contributed by atoms with E-state index < -0.39 is 4.92 Å². The minimum absolute atomic E-state index is 0.0688. The zero-order chi connectivity index (χ0) is 21.1. The van der Waals surface area contributed by atoms with E-state index in [-0.39, 0.29) is 23.5 Å². The van der Waals surface area contributed by atoms with Crippen molar-refractivity contribution in [3.05, 3.63) is 39.9 Å². The number of likely N-dealkylation sites (tertiary alicyclic amines) is 1. The molecule has 162 valence electrons. The molecule has 4 rings (SSSR count). The predicted molar refractivity (Wildman–Crippen MR) is 112 cm³/mol. The molecule has 0 aromatic heterocycles. The fourth-order valence-corrected chi connectivity index (χ4v) is 5.19. The van der Waals surface area contributed by atoms with E-state index in [2.05, 4.69) is 4.90 Å². The maximum atomic E-state index is 13.3. The number of non-ortho nitro benzene ring substituents is 1. The van der Waals surface area contributed by atoms with Gasteiger partial charge in [0, 0.05) is 57.0 Å². The van der Waals surface area contributed by atoms with Crippen LogP contribution in [0.3, 0.4) is 0 Å². The molecule has 1 aromatic rings. The molecule has 2 aliphatic heterocycles. The van der Waals surface area contributed by atoms with Gasteiger partial charge < -0.3 is 9.80 Å². The molecule has 1 atom stereocenters. The number of hydrogen-bond acceptors (Lipinski definition) is 5. The van der Waals surface area contributed by atoms with Crippen molar-refractivity contribution in [1.29, 1.82) is 0 Å². The van der Waals surface area contributed by atoms with Gasteiger partial charge >= 0.3 is 0 Å². The minimum atomic E-state index is -0.481. The van der Waals surface area contributed by atoms with E-state index in [4.69, 9.17) is 0 Å². The summed E-state index contributed by atoms with van der Waals surface area (Å²) in [6.45, 7) is 4.15. The van der Waals surface area contributed by atoms with E-state index in [1.54, 1.807) is 17.0 Å². The molecule has 2 amide bonds. The number of rotatable bonds is 5. The fourth-order valence-electron chi connectivity index (χ4n) is 5.19. The van der Waals surface area contributed by atoms with Gasteiger partial charge in [-0.15, -0.1) is 0 Å². The van der Waals surface area contributed by atoms with Gasteiger partial charge in [-0.3, -0.25) is 24.6 Å². The van der Waals surface area contributed by atoms with Crippen LogP contribution in [0.1, 0.15) is 48.9 Å². The zero-order valence-corrected chi connectivity index (χ0v) is 17.4. The first kappa shape index (κ1) is 20.8. The predicted octanol–water partition coefficient (Wildman–Crippen LogP) is 2.53. The maximum absolute atomic E-state index is 13.3. The summed E-state index contributed by atoms with van der Waals surface area (Å²) in [6, 6.07) is 5.84. The maximum Gasteiger partial charge on any atom is 0.270 e. The number of carbonyl (C=O) groups excluding carboxylic acids is 2. The van der Waals surface area contributed by atoms with E-state index in [9.17, 15) is 19.7 Å². The summed E-state index contributed by atoms with van der Waals surface area (Å²) in [7, 11) is 0. The number of amides is 2. The molecule has 0 radical (unpaired) electrons. The van der Waals surface area contributed by atoms with Crippen LogP contribution in [-0.4, -0.2) is 76.7 Å². The topological polar surface area (TPSA) is 87.0 Å². The Morgan fingerprint density at radius 3 is 2.23 bits per heavy atom. The molecule has 30 heavy (non-hydrogen) atoms. The van der Waals surface area contributed by atoms with Gasteiger partial charge in [0.05, 0.1) is 11.0 Å². The lowest BCUT2D eigenvalue weighted by atomic mass is 9.94. The van der Waals surface area contributed by atoms with Crippen LogP contribution in [0.25, 0.3) is 0 Å². The van der Waals surface area contributed by atoms with Gasteiger partial charge in [-0.25, -0.2) is 0 Å². The molecule has 2 saturated heterocycles. The summed E-state index contributed by atoms with van der Waals surface area (Å²) in [5, 5.41) is 11.0. The Kier molecular flexibility index (Phi) is 6.32. The van der Waals surface area contributed by atoms with Crippen molar-refractivity contribution in [3.8, 4) is 0 Å². The second-order valence-electron chi connectivity index (χ2n) is 8.66. The molecule has 1 aromatic carbocycles.